The topological polar surface area (TPSA) is 85.9 Å². The summed E-state index contributed by atoms with van der Waals surface area (Å²) in [6.45, 7) is 2.63. The molecule has 1 fully saturated rings. The molecule has 2 aliphatic rings. The Bertz CT molecular complexity index is 1250. The highest BCUT2D eigenvalue weighted by Gasteiger charge is 2.48. The molecule has 192 valence electrons. The smallest absolute Gasteiger partial charge is 0.271 e. The average Bonchev–Trinajstić information content (AvgIpc) is 3.38. The largest absolute Gasteiger partial charge is 0.497 e. The Morgan fingerprint density at radius 2 is 1.89 bits per heavy atom. The molecule has 0 radical (unpaired) electrons. The maximum absolute atomic E-state index is 13.9. The zero-order valence-electron chi connectivity index (χ0n) is 21.3. The summed E-state index contributed by atoms with van der Waals surface area (Å²) in [6.07, 6.45) is 8.80. The first-order valence-electron chi connectivity index (χ1n) is 12.8. The van der Waals surface area contributed by atoms with E-state index >= 15 is 0 Å². The summed E-state index contributed by atoms with van der Waals surface area (Å²) in [5.74, 6) is 1.14. The van der Waals surface area contributed by atoms with E-state index in [2.05, 4.69) is 5.32 Å². The van der Waals surface area contributed by atoms with Gasteiger partial charge in [0.05, 0.1) is 32.5 Å². The fourth-order valence-corrected chi connectivity index (χ4v) is 5.68. The van der Waals surface area contributed by atoms with Gasteiger partial charge in [0.1, 0.15) is 22.7 Å². The molecule has 8 heteroatoms. The summed E-state index contributed by atoms with van der Waals surface area (Å²) in [4.78, 5) is 29.5. The second-order valence-electron chi connectivity index (χ2n) is 10.1. The molecule has 2 aromatic heterocycles. The van der Waals surface area contributed by atoms with E-state index in [1.54, 1.807) is 31.4 Å². The van der Waals surface area contributed by atoms with Gasteiger partial charge in [0, 0.05) is 30.8 Å². The summed E-state index contributed by atoms with van der Waals surface area (Å²) < 4.78 is 18.4. The molecule has 1 aromatic carbocycles. The lowest BCUT2D eigenvalue weighted by Gasteiger charge is -2.44. The predicted octanol–water partition coefficient (Wildman–Crippen LogP) is 4.55. The molecule has 0 bridgehead atoms. The second-order valence-corrected chi connectivity index (χ2v) is 10.1. The molecule has 0 spiro atoms. The van der Waals surface area contributed by atoms with Crippen LogP contribution in [0.3, 0.4) is 0 Å². The predicted molar refractivity (Wildman–Crippen MR) is 137 cm³/mol. The quantitative estimate of drug-likeness (QED) is 0.488. The Morgan fingerprint density at radius 1 is 1.11 bits per heavy atom. The van der Waals surface area contributed by atoms with E-state index in [1.165, 1.54) is 12.8 Å². The van der Waals surface area contributed by atoms with Crippen molar-refractivity contribution in [3.05, 3.63) is 47.9 Å². The fourth-order valence-electron chi connectivity index (χ4n) is 5.68. The number of rotatable bonds is 7. The average molecular weight is 494 g/mol. The molecule has 1 aliphatic heterocycles. The summed E-state index contributed by atoms with van der Waals surface area (Å²) >= 11 is 0. The van der Waals surface area contributed by atoms with Crippen molar-refractivity contribution < 1.29 is 23.5 Å². The minimum absolute atomic E-state index is 0.0968. The van der Waals surface area contributed by atoms with Crippen LogP contribution in [0.15, 0.2) is 41.0 Å². The standard InChI is InChI=1S/C28H35N3O5/c1-28(27(33)29-20-8-6-4-5-7-9-20)18-30-22-13-15-36-25(22)17-23(30)26(32)31(28)14-12-19-10-11-21(34-2)16-24(19)35-3/h10-11,13,15-17,20H,4-9,12,14,18H2,1-3H3,(H,29,33)/t28-/m0/s1. The fraction of sp³-hybridized carbons (Fsp3) is 0.500. The molecule has 2 amide bonds. The van der Waals surface area contributed by atoms with E-state index in [4.69, 9.17) is 13.9 Å². The number of amides is 2. The van der Waals surface area contributed by atoms with E-state index in [9.17, 15) is 9.59 Å². The van der Waals surface area contributed by atoms with Gasteiger partial charge in [-0.2, -0.15) is 0 Å². The van der Waals surface area contributed by atoms with E-state index in [0.717, 1.165) is 36.8 Å². The number of furan rings is 1. The number of aromatic nitrogens is 1. The summed E-state index contributed by atoms with van der Waals surface area (Å²) in [6, 6.07) is 9.45. The molecule has 36 heavy (non-hydrogen) atoms. The van der Waals surface area contributed by atoms with Gasteiger partial charge in [-0.1, -0.05) is 31.7 Å². The van der Waals surface area contributed by atoms with E-state index in [-0.39, 0.29) is 17.9 Å². The number of nitrogens with one attached hydrogen (secondary N) is 1. The van der Waals surface area contributed by atoms with Crippen molar-refractivity contribution in [1.29, 1.82) is 0 Å². The number of carbonyl (C=O) groups excluding carboxylic acids is 2. The summed E-state index contributed by atoms with van der Waals surface area (Å²) in [5.41, 5.74) is 1.95. The third-order valence-corrected chi connectivity index (χ3v) is 7.83. The first kappa shape index (κ1) is 24.3. The summed E-state index contributed by atoms with van der Waals surface area (Å²) in [5, 5.41) is 3.31. The second kappa shape index (κ2) is 9.91. The number of benzene rings is 1. The van der Waals surface area contributed by atoms with Crippen molar-refractivity contribution in [3.8, 4) is 11.5 Å². The number of carbonyl (C=O) groups is 2. The van der Waals surface area contributed by atoms with E-state index in [0.29, 0.717) is 42.3 Å². The van der Waals surface area contributed by atoms with E-state index in [1.807, 2.05) is 35.8 Å². The van der Waals surface area contributed by atoms with Gasteiger partial charge in [0.25, 0.3) is 5.91 Å². The Morgan fingerprint density at radius 3 is 2.61 bits per heavy atom. The van der Waals surface area contributed by atoms with Gasteiger partial charge in [0.15, 0.2) is 5.58 Å². The lowest BCUT2D eigenvalue weighted by atomic mass is 9.93. The zero-order chi connectivity index (χ0) is 25.3. The third kappa shape index (κ3) is 4.33. The van der Waals surface area contributed by atoms with Gasteiger partial charge in [-0.25, -0.2) is 0 Å². The first-order valence-corrected chi connectivity index (χ1v) is 12.8. The van der Waals surface area contributed by atoms with Crippen LogP contribution in [0.25, 0.3) is 11.1 Å². The van der Waals surface area contributed by atoms with Gasteiger partial charge >= 0.3 is 0 Å². The van der Waals surface area contributed by atoms with Crippen LogP contribution in [-0.4, -0.2) is 53.6 Å². The Hall–Kier alpha value is -3.42. The molecule has 1 N–H and O–H groups in total. The molecule has 1 atom stereocenters. The van der Waals surface area contributed by atoms with Crippen LogP contribution in [0.1, 0.15) is 61.5 Å². The van der Waals surface area contributed by atoms with Gasteiger partial charge in [-0.05, 0) is 37.8 Å². The monoisotopic (exact) mass is 493 g/mol. The van der Waals surface area contributed by atoms with Crippen LogP contribution >= 0.6 is 0 Å². The number of ether oxygens (including phenoxy) is 2. The molecule has 8 nitrogen and oxygen atoms in total. The van der Waals surface area contributed by atoms with Gasteiger partial charge in [-0.15, -0.1) is 0 Å². The highest BCUT2D eigenvalue weighted by atomic mass is 16.5. The van der Waals surface area contributed by atoms with Gasteiger partial charge in [0.2, 0.25) is 5.91 Å². The molecule has 1 saturated carbocycles. The SMILES string of the molecule is COc1ccc(CCN2C(=O)c3cc4occc4n3C[C@@]2(C)C(=O)NC2CCCCCC2)c(OC)c1. The molecular formula is C28H35N3O5. The molecule has 0 saturated heterocycles. The number of hydrogen-bond donors (Lipinski definition) is 1. The molecule has 5 rings (SSSR count). The van der Waals surface area contributed by atoms with Crippen LogP contribution in [0.4, 0.5) is 0 Å². The molecular weight excluding hydrogens is 458 g/mol. The van der Waals surface area contributed by atoms with Crippen LogP contribution in [-0.2, 0) is 17.8 Å². The Labute approximate surface area is 211 Å². The number of fused-ring (bicyclic) bond motifs is 3. The number of nitrogens with zero attached hydrogens (tertiary/aromatic N) is 2. The third-order valence-electron chi connectivity index (χ3n) is 7.83. The maximum atomic E-state index is 13.9. The van der Waals surface area contributed by atoms with Gasteiger partial charge in [-0.3, -0.25) is 9.59 Å². The zero-order valence-corrected chi connectivity index (χ0v) is 21.3. The van der Waals surface area contributed by atoms with Crippen molar-refractivity contribution in [2.24, 2.45) is 0 Å². The van der Waals surface area contributed by atoms with Crippen LogP contribution < -0.4 is 14.8 Å². The van der Waals surface area contributed by atoms with Crippen molar-refractivity contribution >= 4 is 22.9 Å². The molecule has 0 unspecified atom stereocenters. The normalized spacial score (nSPS) is 20.8. The highest BCUT2D eigenvalue weighted by molar-refractivity contribution is 6.03. The molecule has 3 aromatic rings. The van der Waals surface area contributed by atoms with Crippen LogP contribution in [0.2, 0.25) is 0 Å². The lowest BCUT2D eigenvalue weighted by Crippen LogP contribution is -2.65. The Kier molecular flexibility index (Phi) is 6.69. The minimum atomic E-state index is -1.04. The van der Waals surface area contributed by atoms with Crippen molar-refractivity contribution in [2.45, 2.75) is 70.0 Å². The molecule has 1 aliphatic carbocycles. The highest BCUT2D eigenvalue weighted by Crippen LogP contribution is 2.34. The number of methoxy groups -OCH3 is 2. The maximum Gasteiger partial charge on any atom is 0.271 e. The van der Waals surface area contributed by atoms with Crippen molar-refractivity contribution in [1.82, 2.24) is 14.8 Å². The van der Waals surface area contributed by atoms with Crippen molar-refractivity contribution in [2.75, 3.05) is 20.8 Å². The van der Waals surface area contributed by atoms with Crippen LogP contribution in [0.5, 0.6) is 11.5 Å². The van der Waals surface area contributed by atoms with E-state index < -0.39 is 5.54 Å². The summed E-state index contributed by atoms with van der Waals surface area (Å²) in [7, 11) is 3.24. The van der Waals surface area contributed by atoms with Crippen molar-refractivity contribution in [3.63, 3.8) is 0 Å². The minimum Gasteiger partial charge on any atom is -0.497 e. The first-order chi connectivity index (χ1) is 17.4. The molecule has 3 heterocycles. The van der Waals surface area contributed by atoms with Gasteiger partial charge < -0.3 is 28.7 Å². The lowest BCUT2D eigenvalue weighted by molar-refractivity contribution is -0.133. The Balaban J connectivity index is 1.46. The van der Waals surface area contributed by atoms with Crippen LogP contribution in [0, 0.1) is 0 Å². The number of hydrogen-bond acceptors (Lipinski definition) is 5.